The first-order chi connectivity index (χ1) is 18.0. The molecule has 1 fully saturated rings. The molecule has 1 saturated heterocycles. The number of fused-ring (bicyclic) bond motifs is 1. The lowest BCUT2D eigenvalue weighted by molar-refractivity contribution is -0.0884. The van der Waals surface area contributed by atoms with Crippen LogP contribution in [0.1, 0.15) is 47.0 Å². The minimum absolute atomic E-state index is 0.0781. The summed E-state index contributed by atoms with van der Waals surface area (Å²) in [4.78, 5) is 6.67. The molecule has 1 aromatic heterocycles. The van der Waals surface area contributed by atoms with E-state index >= 15 is 4.39 Å². The molecular weight excluding hydrogens is 509 g/mol. The number of benzene rings is 1. The maximum atomic E-state index is 15.2. The molecule has 8 heteroatoms. The number of nitrogens with zero attached hydrogens (tertiary/aromatic N) is 2. The van der Waals surface area contributed by atoms with Crippen molar-refractivity contribution in [2.24, 2.45) is 0 Å². The minimum atomic E-state index is -4.59. The summed E-state index contributed by atoms with van der Waals surface area (Å²) in [5.74, 6) is 0.0355. The highest BCUT2D eigenvalue weighted by molar-refractivity contribution is 7.27. The number of hydrogen-bond donors (Lipinski definition) is 1. The number of hydrogen-bond acceptors (Lipinski definition) is 3. The molecule has 1 aliphatic heterocycles. The highest BCUT2D eigenvalue weighted by Gasteiger charge is 2.33. The zero-order valence-corrected chi connectivity index (χ0v) is 23.7. The monoisotopic (exact) mass is 545 g/mol. The quantitative estimate of drug-likeness (QED) is 0.216. The lowest BCUT2D eigenvalue weighted by atomic mass is 9.92. The predicted molar refractivity (Wildman–Crippen MR) is 154 cm³/mol. The van der Waals surface area contributed by atoms with Gasteiger partial charge in [-0.3, -0.25) is 0 Å². The Morgan fingerprint density at radius 1 is 1.24 bits per heavy atom. The Bertz CT molecular complexity index is 1310. The average molecular weight is 546 g/mol. The first-order valence-corrected chi connectivity index (χ1v) is 13.4. The van der Waals surface area contributed by atoms with Crippen LogP contribution in [0.4, 0.5) is 23.4 Å². The van der Waals surface area contributed by atoms with E-state index in [1.807, 2.05) is 37.4 Å². The van der Waals surface area contributed by atoms with Crippen LogP contribution in [0.3, 0.4) is 0 Å². The van der Waals surface area contributed by atoms with Gasteiger partial charge in [0.15, 0.2) is 0 Å². The van der Waals surface area contributed by atoms with Gasteiger partial charge in [0.05, 0.1) is 11.6 Å². The van der Waals surface area contributed by atoms with E-state index in [0.29, 0.717) is 11.1 Å². The molecule has 0 aliphatic carbocycles. The highest BCUT2D eigenvalue weighted by Crippen LogP contribution is 2.35. The molecule has 38 heavy (non-hydrogen) atoms. The lowest BCUT2D eigenvalue weighted by Crippen LogP contribution is -2.38. The molecule has 2 unspecified atom stereocenters. The minimum Gasteiger partial charge on any atom is -0.376 e. The Morgan fingerprint density at radius 3 is 2.61 bits per heavy atom. The van der Waals surface area contributed by atoms with E-state index in [4.69, 9.17) is 0 Å². The summed E-state index contributed by atoms with van der Waals surface area (Å²) in [6.07, 6.45) is 4.13. The number of nitrogens with one attached hydrogen (secondary N) is 1. The number of aromatic nitrogens is 1. The fourth-order valence-corrected chi connectivity index (χ4v) is 4.86. The van der Waals surface area contributed by atoms with Crippen molar-refractivity contribution in [1.82, 2.24) is 9.88 Å². The molecule has 0 spiro atoms. The molecule has 2 heterocycles. The van der Waals surface area contributed by atoms with Crippen LogP contribution < -0.4 is 10.6 Å². The Morgan fingerprint density at radius 2 is 1.97 bits per heavy atom. The van der Waals surface area contributed by atoms with Gasteiger partial charge >= 0.3 is 6.18 Å². The molecule has 1 aromatic carbocycles. The molecule has 2 atom stereocenters. The highest BCUT2D eigenvalue weighted by atomic mass is 31.0. The van der Waals surface area contributed by atoms with Crippen molar-refractivity contribution in [3.8, 4) is 0 Å². The van der Waals surface area contributed by atoms with Gasteiger partial charge in [-0.05, 0) is 80.6 Å². The summed E-state index contributed by atoms with van der Waals surface area (Å²) in [7, 11) is 4.65. The normalized spacial score (nSPS) is 18.8. The third-order valence-corrected chi connectivity index (χ3v) is 6.93. The van der Waals surface area contributed by atoms with Crippen molar-refractivity contribution in [1.29, 1.82) is 0 Å². The van der Waals surface area contributed by atoms with E-state index in [1.54, 1.807) is 27.0 Å². The van der Waals surface area contributed by atoms with Crippen LogP contribution in [0.2, 0.25) is 0 Å². The number of halogens is 4. The van der Waals surface area contributed by atoms with Gasteiger partial charge in [-0.15, -0.1) is 9.24 Å². The maximum absolute atomic E-state index is 15.2. The Labute approximate surface area is 225 Å². The summed E-state index contributed by atoms with van der Waals surface area (Å²) >= 11 is 0. The van der Waals surface area contributed by atoms with Gasteiger partial charge in [0.1, 0.15) is 11.6 Å². The van der Waals surface area contributed by atoms with Crippen LogP contribution in [0.25, 0.3) is 10.8 Å². The second kappa shape index (κ2) is 12.8. The summed E-state index contributed by atoms with van der Waals surface area (Å²) in [5, 5.41) is 6.64. The number of likely N-dealkylation sites (N-methyl/N-ethyl adjacent to an activating group) is 1. The van der Waals surface area contributed by atoms with E-state index in [9.17, 15) is 13.2 Å². The largest absolute Gasteiger partial charge is 0.416 e. The maximum Gasteiger partial charge on any atom is 0.416 e. The third kappa shape index (κ3) is 7.13. The summed E-state index contributed by atoms with van der Waals surface area (Å²) in [6, 6.07) is 7.90. The number of pyridine rings is 1. The van der Waals surface area contributed by atoms with E-state index in [2.05, 4.69) is 24.4 Å². The number of anilines is 1. The molecule has 3 nitrogen and oxygen atoms in total. The molecule has 2 aromatic rings. The van der Waals surface area contributed by atoms with Gasteiger partial charge in [-0.1, -0.05) is 36.8 Å². The van der Waals surface area contributed by atoms with Gasteiger partial charge in [0, 0.05) is 36.4 Å². The van der Waals surface area contributed by atoms with Gasteiger partial charge in [-0.25, -0.2) is 9.37 Å². The molecule has 3 rings (SSSR count). The molecule has 1 aliphatic rings. The fourth-order valence-electron chi connectivity index (χ4n) is 4.60. The van der Waals surface area contributed by atoms with Crippen molar-refractivity contribution in [2.75, 3.05) is 18.9 Å². The van der Waals surface area contributed by atoms with Crippen LogP contribution in [-0.4, -0.2) is 35.7 Å². The molecule has 0 amide bonds. The first-order valence-electron chi connectivity index (χ1n) is 12.8. The SMILES string of the molecule is C\C=C(F)/C(=C\C(=C\CC)C(F)(F)F)C(/C=C1/C(Nc2nccc3ccc(P)cc23)CCCN1C)=C(C)C. The van der Waals surface area contributed by atoms with Crippen LogP contribution >= 0.6 is 9.24 Å². The van der Waals surface area contributed by atoms with Crippen LogP contribution in [0, 0.1) is 0 Å². The van der Waals surface area contributed by atoms with E-state index in [0.717, 1.165) is 59.1 Å². The lowest BCUT2D eigenvalue weighted by Gasteiger charge is -2.36. The van der Waals surface area contributed by atoms with Gasteiger partial charge in [-0.2, -0.15) is 13.2 Å². The number of likely N-dealkylation sites (tertiary alicyclic amines) is 1. The zero-order valence-electron chi connectivity index (χ0n) is 22.6. The number of alkyl halides is 3. The van der Waals surface area contributed by atoms with Crippen molar-refractivity contribution in [2.45, 2.75) is 59.2 Å². The number of rotatable bonds is 7. The molecule has 0 saturated carbocycles. The molecular formula is C30H36F4N3P. The van der Waals surface area contributed by atoms with Gasteiger partial charge < -0.3 is 10.2 Å². The van der Waals surface area contributed by atoms with Crippen molar-refractivity contribution >= 4 is 31.1 Å². The fraction of sp³-hybridized carbons (Fsp3) is 0.367. The van der Waals surface area contributed by atoms with Gasteiger partial charge in [0.2, 0.25) is 0 Å². The van der Waals surface area contributed by atoms with Crippen molar-refractivity contribution < 1.29 is 17.6 Å². The van der Waals surface area contributed by atoms with Crippen LogP contribution in [0.15, 0.2) is 88.6 Å². The third-order valence-electron chi connectivity index (χ3n) is 6.57. The zero-order chi connectivity index (χ0) is 28.0. The van der Waals surface area contributed by atoms with E-state index < -0.39 is 17.6 Å². The summed E-state index contributed by atoms with van der Waals surface area (Å²) < 4.78 is 56.5. The molecule has 0 bridgehead atoms. The standard InChI is InChI=1S/C30H36F4N3P/c1-6-9-21(30(32,33)34)16-25(26(31)7-2)23(19(3)4)18-28-27(10-8-15-37(28)5)36-29-24-17-22(38)12-11-20(24)13-14-35-29/h7,9,11-14,16-18,27H,6,8,10,15,38H2,1-5H3,(H,35,36)/b21-9-,25-16-,26-7+,28-18-. The average Bonchev–Trinajstić information content (AvgIpc) is 2.86. The molecule has 204 valence electrons. The second-order valence-corrected chi connectivity index (χ2v) is 10.3. The Balaban J connectivity index is 2.14. The Kier molecular flexibility index (Phi) is 9.94. The first kappa shape index (κ1) is 29.6. The molecule has 0 radical (unpaired) electrons. The number of allylic oxidation sites excluding steroid dienone is 9. The van der Waals surface area contributed by atoms with Crippen molar-refractivity contribution in [3.05, 3.63) is 88.6 Å². The number of piperidine rings is 1. The smallest absolute Gasteiger partial charge is 0.376 e. The van der Waals surface area contributed by atoms with Crippen molar-refractivity contribution in [3.63, 3.8) is 0 Å². The molecule has 1 N–H and O–H groups in total. The van der Waals surface area contributed by atoms with Crippen LogP contribution in [-0.2, 0) is 0 Å². The second-order valence-electron chi connectivity index (χ2n) is 9.64. The summed E-state index contributed by atoms with van der Waals surface area (Å²) in [6.45, 7) is 7.48. The topological polar surface area (TPSA) is 28.2 Å². The Hall–Kier alpha value is -2.92. The van der Waals surface area contributed by atoms with Crippen LogP contribution in [0.5, 0.6) is 0 Å². The van der Waals surface area contributed by atoms with E-state index in [-0.39, 0.29) is 18.0 Å². The predicted octanol–water partition coefficient (Wildman–Crippen LogP) is 8.16. The summed E-state index contributed by atoms with van der Waals surface area (Å²) in [5.41, 5.74) is 1.08. The van der Waals surface area contributed by atoms with E-state index in [1.165, 1.54) is 13.0 Å². The van der Waals surface area contributed by atoms with Gasteiger partial charge in [0.25, 0.3) is 0 Å².